The maximum Gasteiger partial charge on any atom is 0.183 e. The lowest BCUT2D eigenvalue weighted by molar-refractivity contribution is 0.946. The number of nitrogen functional groups attached to an aromatic ring is 1. The molecule has 2 rings (SSSR count). The fraction of sp³-hybridized carbons (Fsp3) is 0.200. The maximum absolute atomic E-state index is 5.91. The Morgan fingerprint density at radius 2 is 2.27 bits per heavy atom. The van der Waals surface area contributed by atoms with Crippen molar-refractivity contribution in [2.45, 2.75) is 13.3 Å². The second kappa shape index (κ2) is 3.90. The van der Waals surface area contributed by atoms with E-state index in [4.69, 9.17) is 17.3 Å². The second-order valence-corrected chi connectivity index (χ2v) is 3.57. The molecule has 3 N–H and O–H groups in total. The van der Waals surface area contributed by atoms with Crippen molar-refractivity contribution >= 4 is 17.3 Å². The third kappa shape index (κ3) is 1.80. The van der Waals surface area contributed by atoms with Crippen molar-refractivity contribution in [2.75, 3.05) is 5.73 Å². The molecule has 0 spiro atoms. The maximum atomic E-state index is 5.91. The minimum Gasteiger partial charge on any atom is -0.397 e. The zero-order valence-electron chi connectivity index (χ0n) is 8.29. The molecule has 2 aromatic rings. The van der Waals surface area contributed by atoms with E-state index in [2.05, 4.69) is 15.2 Å². The van der Waals surface area contributed by atoms with E-state index in [1.807, 2.05) is 19.1 Å². The average molecular weight is 223 g/mol. The van der Waals surface area contributed by atoms with E-state index >= 15 is 0 Å². The van der Waals surface area contributed by atoms with Crippen LogP contribution in [0.15, 0.2) is 18.2 Å². The molecule has 0 aliphatic carbocycles. The summed E-state index contributed by atoms with van der Waals surface area (Å²) in [5.74, 6) is 1.43. The number of H-pyrrole nitrogens is 1. The number of benzene rings is 1. The van der Waals surface area contributed by atoms with Crippen LogP contribution in [0.4, 0.5) is 5.69 Å². The molecule has 0 saturated carbocycles. The monoisotopic (exact) mass is 222 g/mol. The lowest BCUT2D eigenvalue weighted by Gasteiger charge is -2.02. The van der Waals surface area contributed by atoms with Crippen molar-refractivity contribution in [2.24, 2.45) is 0 Å². The van der Waals surface area contributed by atoms with E-state index < -0.39 is 0 Å². The van der Waals surface area contributed by atoms with Gasteiger partial charge in [-0.2, -0.15) is 5.10 Å². The highest BCUT2D eigenvalue weighted by molar-refractivity contribution is 6.33. The molecule has 4 nitrogen and oxygen atoms in total. The molecule has 0 bridgehead atoms. The molecular formula is C10H11ClN4. The molecule has 1 aromatic heterocycles. The summed E-state index contributed by atoms with van der Waals surface area (Å²) in [5.41, 5.74) is 7.12. The molecule has 0 aliphatic heterocycles. The quantitative estimate of drug-likeness (QED) is 0.766. The minimum absolute atomic E-state index is 0.515. The fourth-order valence-electron chi connectivity index (χ4n) is 1.31. The summed E-state index contributed by atoms with van der Waals surface area (Å²) in [4.78, 5) is 4.30. The van der Waals surface area contributed by atoms with Gasteiger partial charge in [-0.1, -0.05) is 24.6 Å². The van der Waals surface area contributed by atoms with Crippen molar-refractivity contribution < 1.29 is 0 Å². The number of aryl methyl sites for hydroxylation is 1. The average Bonchev–Trinajstić information content (AvgIpc) is 2.70. The first-order valence-electron chi connectivity index (χ1n) is 4.68. The zero-order chi connectivity index (χ0) is 10.8. The third-order valence-electron chi connectivity index (χ3n) is 2.16. The number of nitrogens with one attached hydrogen (secondary N) is 1. The van der Waals surface area contributed by atoms with Crippen LogP contribution in [-0.2, 0) is 6.42 Å². The Labute approximate surface area is 92.5 Å². The Morgan fingerprint density at radius 3 is 2.93 bits per heavy atom. The van der Waals surface area contributed by atoms with E-state index in [0.29, 0.717) is 16.5 Å². The Balaban J connectivity index is 2.49. The Bertz CT molecular complexity index is 478. The summed E-state index contributed by atoms with van der Waals surface area (Å²) in [5, 5.41) is 7.45. The molecule has 0 amide bonds. The smallest absolute Gasteiger partial charge is 0.183 e. The van der Waals surface area contributed by atoms with Gasteiger partial charge in [-0.3, -0.25) is 5.10 Å². The molecule has 1 heterocycles. The van der Waals surface area contributed by atoms with Gasteiger partial charge >= 0.3 is 0 Å². The highest BCUT2D eigenvalue weighted by Crippen LogP contribution is 2.28. The van der Waals surface area contributed by atoms with Crippen LogP contribution in [0.5, 0.6) is 0 Å². The van der Waals surface area contributed by atoms with E-state index in [9.17, 15) is 0 Å². The van der Waals surface area contributed by atoms with Crippen LogP contribution in [0.25, 0.3) is 11.4 Å². The highest BCUT2D eigenvalue weighted by atomic mass is 35.5. The first-order chi connectivity index (χ1) is 7.22. The van der Waals surface area contributed by atoms with Crippen molar-refractivity contribution in [3.8, 4) is 11.4 Å². The van der Waals surface area contributed by atoms with Crippen molar-refractivity contribution in [1.29, 1.82) is 0 Å². The summed E-state index contributed by atoms with van der Waals surface area (Å²) in [6.07, 6.45) is 0.813. The topological polar surface area (TPSA) is 67.6 Å². The predicted octanol–water partition coefficient (Wildman–Crippen LogP) is 2.27. The molecule has 1 aromatic carbocycles. The van der Waals surface area contributed by atoms with Gasteiger partial charge in [0, 0.05) is 12.0 Å². The minimum atomic E-state index is 0.515. The number of nitrogens with two attached hydrogens (primary N) is 1. The van der Waals surface area contributed by atoms with Crippen LogP contribution in [0.1, 0.15) is 12.7 Å². The summed E-state index contributed by atoms with van der Waals surface area (Å²) in [6.45, 7) is 2.01. The number of aromatic amines is 1. The van der Waals surface area contributed by atoms with Gasteiger partial charge in [-0.05, 0) is 12.1 Å². The Kier molecular flexibility index (Phi) is 2.60. The van der Waals surface area contributed by atoms with Crippen molar-refractivity contribution in [3.05, 3.63) is 29.0 Å². The molecule has 78 valence electrons. The van der Waals surface area contributed by atoms with Gasteiger partial charge in [0.25, 0.3) is 0 Å². The van der Waals surface area contributed by atoms with Crippen LogP contribution < -0.4 is 5.73 Å². The molecular weight excluding hydrogens is 212 g/mol. The van der Waals surface area contributed by atoms with E-state index in [1.54, 1.807) is 6.07 Å². The van der Waals surface area contributed by atoms with Crippen molar-refractivity contribution in [1.82, 2.24) is 15.2 Å². The zero-order valence-corrected chi connectivity index (χ0v) is 9.04. The first kappa shape index (κ1) is 9.98. The van der Waals surface area contributed by atoms with E-state index in [-0.39, 0.29) is 0 Å². The summed E-state index contributed by atoms with van der Waals surface area (Å²) in [6, 6.07) is 5.42. The Morgan fingerprint density at radius 1 is 1.47 bits per heavy atom. The van der Waals surface area contributed by atoms with Crippen LogP contribution in [-0.4, -0.2) is 15.2 Å². The number of anilines is 1. The van der Waals surface area contributed by atoms with Gasteiger partial charge < -0.3 is 5.73 Å². The second-order valence-electron chi connectivity index (χ2n) is 3.16. The molecule has 0 aliphatic rings. The number of nitrogens with zero attached hydrogens (tertiary/aromatic N) is 2. The number of para-hydroxylation sites is 1. The number of hydrogen-bond donors (Lipinski definition) is 2. The first-order valence-corrected chi connectivity index (χ1v) is 5.05. The van der Waals surface area contributed by atoms with Gasteiger partial charge in [0.2, 0.25) is 0 Å². The van der Waals surface area contributed by atoms with Crippen LogP contribution >= 0.6 is 11.6 Å². The number of hydrogen-bond acceptors (Lipinski definition) is 3. The van der Waals surface area contributed by atoms with E-state index in [0.717, 1.165) is 17.8 Å². The molecule has 5 heteroatoms. The van der Waals surface area contributed by atoms with Gasteiger partial charge in [-0.15, -0.1) is 0 Å². The van der Waals surface area contributed by atoms with Gasteiger partial charge in [0.05, 0.1) is 10.7 Å². The molecule has 0 unspecified atom stereocenters. The highest BCUT2D eigenvalue weighted by Gasteiger charge is 2.09. The fourth-order valence-corrected chi connectivity index (χ4v) is 1.48. The van der Waals surface area contributed by atoms with Crippen molar-refractivity contribution in [3.63, 3.8) is 0 Å². The third-order valence-corrected chi connectivity index (χ3v) is 2.49. The normalized spacial score (nSPS) is 10.5. The van der Waals surface area contributed by atoms with Gasteiger partial charge in [-0.25, -0.2) is 4.98 Å². The predicted molar refractivity (Wildman–Crippen MR) is 60.6 cm³/mol. The van der Waals surface area contributed by atoms with Gasteiger partial charge in [0.15, 0.2) is 5.82 Å². The summed E-state index contributed by atoms with van der Waals surface area (Å²) >= 11 is 5.91. The van der Waals surface area contributed by atoms with Crippen LogP contribution in [0.2, 0.25) is 5.02 Å². The number of rotatable bonds is 2. The van der Waals surface area contributed by atoms with Crippen LogP contribution in [0.3, 0.4) is 0 Å². The van der Waals surface area contributed by atoms with Crippen LogP contribution in [0, 0.1) is 0 Å². The SMILES string of the molecule is CCc1nc(-c2cccc(Cl)c2N)n[nH]1. The van der Waals surface area contributed by atoms with Gasteiger partial charge in [0.1, 0.15) is 5.82 Å². The molecule has 0 radical (unpaired) electrons. The number of aromatic nitrogens is 3. The lowest BCUT2D eigenvalue weighted by Crippen LogP contribution is -1.92. The number of halogens is 1. The molecule has 0 saturated heterocycles. The van der Waals surface area contributed by atoms with E-state index in [1.165, 1.54) is 0 Å². The largest absolute Gasteiger partial charge is 0.397 e. The standard InChI is InChI=1S/C10H11ClN4/c1-2-8-13-10(15-14-8)6-4-3-5-7(11)9(6)12/h3-5H,2,12H2,1H3,(H,13,14,15). The molecule has 0 atom stereocenters. The molecule has 0 fully saturated rings. The summed E-state index contributed by atoms with van der Waals surface area (Å²) < 4.78 is 0. The summed E-state index contributed by atoms with van der Waals surface area (Å²) in [7, 11) is 0. The Hall–Kier alpha value is -1.55. The molecule has 15 heavy (non-hydrogen) atoms. The lowest BCUT2D eigenvalue weighted by atomic mass is 10.2.